The van der Waals surface area contributed by atoms with E-state index in [0.29, 0.717) is 29.7 Å². The first-order valence-electron chi connectivity index (χ1n) is 10.5. The number of halogens is 1. The molecule has 0 aliphatic rings. The van der Waals surface area contributed by atoms with Crippen LogP contribution in [-0.4, -0.2) is 29.5 Å². The van der Waals surface area contributed by atoms with E-state index in [0.717, 1.165) is 25.7 Å². The van der Waals surface area contributed by atoms with Crippen molar-refractivity contribution in [3.63, 3.8) is 0 Å². The van der Waals surface area contributed by atoms with Crippen LogP contribution in [-0.2, 0) is 11.4 Å². The van der Waals surface area contributed by atoms with Crippen molar-refractivity contribution in [1.29, 1.82) is 0 Å². The van der Waals surface area contributed by atoms with Gasteiger partial charge in [0.1, 0.15) is 6.61 Å². The van der Waals surface area contributed by atoms with E-state index in [1.807, 2.05) is 73.7 Å². The SMILES string of the molecule is CCOc1cc(/C=N\NC(=O)CSc2nc3ccccc3s2)ccc1OCc1ccc(Cl)cc1. The molecule has 6 nitrogen and oxygen atoms in total. The number of nitrogens with one attached hydrogen (secondary N) is 1. The predicted molar refractivity (Wildman–Crippen MR) is 139 cm³/mol. The second kappa shape index (κ2) is 11.9. The zero-order chi connectivity index (χ0) is 23.8. The number of aromatic nitrogens is 1. The summed E-state index contributed by atoms with van der Waals surface area (Å²) in [6.45, 7) is 2.80. The van der Waals surface area contributed by atoms with E-state index in [-0.39, 0.29) is 11.7 Å². The number of nitrogens with zero attached hydrogens (tertiary/aromatic N) is 2. The highest BCUT2D eigenvalue weighted by Gasteiger charge is 2.08. The van der Waals surface area contributed by atoms with Gasteiger partial charge in [-0.25, -0.2) is 10.4 Å². The molecule has 3 aromatic carbocycles. The van der Waals surface area contributed by atoms with Gasteiger partial charge in [0.25, 0.3) is 5.91 Å². The number of hydrazone groups is 1. The molecule has 0 fully saturated rings. The maximum Gasteiger partial charge on any atom is 0.250 e. The third kappa shape index (κ3) is 6.72. The van der Waals surface area contributed by atoms with Crippen molar-refractivity contribution in [3.8, 4) is 11.5 Å². The number of thiazole rings is 1. The van der Waals surface area contributed by atoms with Gasteiger partial charge in [-0.3, -0.25) is 4.79 Å². The molecular weight excluding hydrogens is 490 g/mol. The molecular formula is C25H22ClN3O3S2. The average molecular weight is 512 g/mol. The highest BCUT2D eigenvalue weighted by atomic mass is 35.5. The van der Waals surface area contributed by atoms with E-state index in [1.54, 1.807) is 17.6 Å². The summed E-state index contributed by atoms with van der Waals surface area (Å²) in [5.41, 5.74) is 5.28. The number of hydrogen-bond acceptors (Lipinski definition) is 7. The molecule has 1 heterocycles. The number of amides is 1. The topological polar surface area (TPSA) is 72.8 Å². The predicted octanol–water partition coefficient (Wildman–Crippen LogP) is 6.17. The first kappa shape index (κ1) is 24.1. The lowest BCUT2D eigenvalue weighted by Crippen LogP contribution is -2.19. The molecule has 4 rings (SSSR count). The summed E-state index contributed by atoms with van der Waals surface area (Å²) in [6, 6.07) is 20.9. The van der Waals surface area contributed by atoms with Crippen LogP contribution in [0.5, 0.6) is 11.5 Å². The van der Waals surface area contributed by atoms with Crippen LogP contribution in [0.1, 0.15) is 18.1 Å². The summed E-state index contributed by atoms with van der Waals surface area (Å²) in [5, 5.41) is 4.75. The van der Waals surface area contributed by atoms with Crippen molar-refractivity contribution in [2.24, 2.45) is 5.10 Å². The molecule has 0 aliphatic heterocycles. The van der Waals surface area contributed by atoms with Crippen LogP contribution in [0.4, 0.5) is 0 Å². The minimum Gasteiger partial charge on any atom is -0.490 e. The van der Waals surface area contributed by atoms with Gasteiger partial charge in [-0.1, -0.05) is 47.6 Å². The second-order valence-electron chi connectivity index (χ2n) is 7.08. The van der Waals surface area contributed by atoms with E-state index in [1.165, 1.54) is 11.8 Å². The molecule has 1 aromatic heterocycles. The van der Waals surface area contributed by atoms with Crippen molar-refractivity contribution < 1.29 is 14.3 Å². The Morgan fingerprint density at radius 3 is 2.74 bits per heavy atom. The van der Waals surface area contributed by atoms with Gasteiger partial charge in [0.05, 0.1) is 28.8 Å². The molecule has 34 heavy (non-hydrogen) atoms. The Labute approximate surface area is 211 Å². The summed E-state index contributed by atoms with van der Waals surface area (Å²) in [7, 11) is 0. The van der Waals surface area contributed by atoms with E-state index < -0.39 is 0 Å². The van der Waals surface area contributed by atoms with Gasteiger partial charge >= 0.3 is 0 Å². The van der Waals surface area contributed by atoms with Crippen LogP contribution in [0.15, 0.2) is 76.2 Å². The quantitative estimate of drug-likeness (QED) is 0.156. The molecule has 0 atom stereocenters. The maximum atomic E-state index is 12.2. The highest BCUT2D eigenvalue weighted by molar-refractivity contribution is 8.01. The number of para-hydroxylation sites is 1. The Hall–Kier alpha value is -3.07. The average Bonchev–Trinajstić information content (AvgIpc) is 3.27. The van der Waals surface area contributed by atoms with Gasteiger partial charge in [0, 0.05) is 5.02 Å². The Balaban J connectivity index is 1.31. The molecule has 0 saturated carbocycles. The zero-order valence-electron chi connectivity index (χ0n) is 18.4. The lowest BCUT2D eigenvalue weighted by Gasteiger charge is -2.12. The number of carbonyl (C=O) groups excluding carboxylic acids is 1. The fraction of sp³-hybridized carbons (Fsp3) is 0.160. The molecule has 4 aromatic rings. The number of ether oxygens (including phenoxy) is 2. The van der Waals surface area contributed by atoms with E-state index in [2.05, 4.69) is 15.5 Å². The summed E-state index contributed by atoms with van der Waals surface area (Å²) >= 11 is 8.90. The molecule has 0 bridgehead atoms. The van der Waals surface area contributed by atoms with Crippen molar-refractivity contribution in [1.82, 2.24) is 10.4 Å². The van der Waals surface area contributed by atoms with Crippen molar-refractivity contribution in [3.05, 3.63) is 82.9 Å². The minimum atomic E-state index is -0.201. The molecule has 1 N–H and O–H groups in total. The van der Waals surface area contributed by atoms with E-state index in [9.17, 15) is 4.79 Å². The molecule has 0 radical (unpaired) electrons. The smallest absolute Gasteiger partial charge is 0.250 e. The maximum absolute atomic E-state index is 12.2. The Bertz CT molecular complexity index is 1260. The number of benzene rings is 3. The molecule has 0 saturated heterocycles. The van der Waals surface area contributed by atoms with Crippen LogP contribution < -0.4 is 14.9 Å². The number of thioether (sulfide) groups is 1. The number of hydrogen-bond donors (Lipinski definition) is 1. The monoisotopic (exact) mass is 511 g/mol. The van der Waals surface area contributed by atoms with Crippen molar-refractivity contribution in [2.45, 2.75) is 17.9 Å². The lowest BCUT2D eigenvalue weighted by molar-refractivity contribution is -0.118. The normalized spacial score (nSPS) is 11.1. The van der Waals surface area contributed by atoms with Crippen molar-refractivity contribution >= 4 is 57.0 Å². The minimum absolute atomic E-state index is 0.201. The summed E-state index contributed by atoms with van der Waals surface area (Å²) in [5.74, 6) is 1.27. The van der Waals surface area contributed by atoms with Crippen molar-refractivity contribution in [2.75, 3.05) is 12.4 Å². The zero-order valence-corrected chi connectivity index (χ0v) is 20.8. The lowest BCUT2D eigenvalue weighted by atomic mass is 10.2. The van der Waals surface area contributed by atoms with E-state index in [4.69, 9.17) is 21.1 Å². The summed E-state index contributed by atoms with van der Waals surface area (Å²) < 4.78 is 13.6. The Morgan fingerprint density at radius 2 is 1.94 bits per heavy atom. The third-order valence-corrected chi connectivity index (χ3v) is 7.01. The molecule has 0 unspecified atom stereocenters. The van der Waals surface area contributed by atoms with Gasteiger partial charge in [-0.2, -0.15) is 5.10 Å². The van der Waals surface area contributed by atoms with Crippen LogP contribution in [0.25, 0.3) is 10.2 Å². The van der Waals surface area contributed by atoms with Crippen LogP contribution in [0.2, 0.25) is 5.02 Å². The van der Waals surface area contributed by atoms with Crippen LogP contribution in [0.3, 0.4) is 0 Å². The molecule has 1 amide bonds. The van der Waals surface area contributed by atoms with Gasteiger partial charge in [-0.05, 0) is 60.5 Å². The van der Waals surface area contributed by atoms with Gasteiger partial charge in [0.15, 0.2) is 15.8 Å². The molecule has 174 valence electrons. The molecule has 0 aliphatic carbocycles. The molecule has 9 heteroatoms. The summed E-state index contributed by atoms with van der Waals surface area (Å²) in [6.07, 6.45) is 1.58. The number of fused-ring (bicyclic) bond motifs is 1. The third-order valence-electron chi connectivity index (χ3n) is 4.58. The molecule has 0 spiro atoms. The Kier molecular flexibility index (Phi) is 8.41. The van der Waals surface area contributed by atoms with Gasteiger partial charge in [0.2, 0.25) is 0 Å². The second-order valence-corrected chi connectivity index (χ2v) is 9.77. The fourth-order valence-corrected chi connectivity index (χ4v) is 4.97. The number of carbonyl (C=O) groups is 1. The largest absolute Gasteiger partial charge is 0.490 e. The van der Waals surface area contributed by atoms with Crippen LogP contribution in [0, 0.1) is 0 Å². The number of rotatable bonds is 10. The highest BCUT2D eigenvalue weighted by Crippen LogP contribution is 2.30. The van der Waals surface area contributed by atoms with Crippen LogP contribution >= 0.6 is 34.7 Å². The first-order valence-corrected chi connectivity index (χ1v) is 12.7. The fourth-order valence-electron chi connectivity index (χ4n) is 2.99. The Morgan fingerprint density at radius 1 is 1.12 bits per heavy atom. The van der Waals surface area contributed by atoms with Gasteiger partial charge < -0.3 is 9.47 Å². The van der Waals surface area contributed by atoms with E-state index >= 15 is 0 Å². The summed E-state index contributed by atoms with van der Waals surface area (Å²) in [4.78, 5) is 16.7. The standard InChI is InChI=1S/C25H22ClN3O3S2/c1-2-31-22-13-18(9-12-21(22)32-15-17-7-10-19(26)11-8-17)14-27-29-24(30)16-33-25-28-20-5-3-4-6-23(20)34-25/h3-14H,2,15-16H2,1H3,(H,29,30)/b27-14-. The van der Waals surface area contributed by atoms with Gasteiger partial charge in [-0.15, -0.1) is 11.3 Å². The first-order chi connectivity index (χ1) is 16.6.